The van der Waals surface area contributed by atoms with Crippen LogP contribution in [0.1, 0.15) is 1.37 Å². The largest absolute Gasteiger partial charge is 2.00 e. The molecule has 0 atom stereocenters. The summed E-state index contributed by atoms with van der Waals surface area (Å²) in [6.45, 7) is 0. The van der Waals surface area contributed by atoms with Gasteiger partial charge < -0.3 is 4.57 Å². The Morgan fingerprint density at radius 2 is 1.57 bits per heavy atom. The van der Waals surface area contributed by atoms with Crippen LogP contribution in [0, 0.1) is 12.1 Å². The summed E-state index contributed by atoms with van der Waals surface area (Å²) >= 11 is 0. The van der Waals surface area contributed by atoms with Crippen molar-refractivity contribution in [3.63, 3.8) is 0 Å². The van der Waals surface area contributed by atoms with Crippen molar-refractivity contribution in [3.05, 3.63) is 115 Å². The molecular weight excluding hydrogens is 637 g/mol. The van der Waals surface area contributed by atoms with Gasteiger partial charge in [0.1, 0.15) is 5.82 Å². The Morgan fingerprint density at radius 1 is 0.743 bits per heavy atom. The Bertz CT molecular complexity index is 1820. The molecule has 0 saturated heterocycles. The molecule has 7 heteroatoms. The quantitative estimate of drug-likeness (QED) is 0.230. The number of rotatable bonds is 4. The summed E-state index contributed by atoms with van der Waals surface area (Å²) in [5.41, 5.74) is 3.17. The normalized spacial score (nSPS) is 11.8. The molecule has 3 aromatic carbocycles. The number of pyridine rings is 2. The Morgan fingerprint density at radius 3 is 2.37 bits per heavy atom. The first-order chi connectivity index (χ1) is 17.0. The van der Waals surface area contributed by atoms with Crippen LogP contribution >= 0.6 is 0 Å². The molecule has 0 N–H and O–H groups in total. The van der Waals surface area contributed by atoms with E-state index < -0.39 is 9.84 Å². The van der Waals surface area contributed by atoms with E-state index in [1.165, 1.54) is 24.4 Å². The summed E-state index contributed by atoms with van der Waals surface area (Å²) in [5.74, 6) is 0.774. The maximum atomic E-state index is 13.1. The topological polar surface area (TPSA) is 64.8 Å². The second kappa shape index (κ2) is 9.21. The van der Waals surface area contributed by atoms with Crippen LogP contribution in [0.15, 0.2) is 113 Å². The summed E-state index contributed by atoms with van der Waals surface area (Å²) in [4.78, 5) is 8.48. The zero-order valence-corrected chi connectivity index (χ0v) is 21.2. The number of hydrogen-bond acceptors (Lipinski definition) is 4. The van der Waals surface area contributed by atoms with E-state index in [2.05, 4.69) is 32.7 Å². The minimum atomic E-state index is -3.88. The molecule has 172 valence electrons. The van der Waals surface area contributed by atoms with Gasteiger partial charge in [0.2, 0.25) is 9.84 Å². The van der Waals surface area contributed by atoms with Gasteiger partial charge in [-0.25, -0.2) is 29.5 Å². The molecule has 0 unspecified atom stereocenters. The van der Waals surface area contributed by atoms with Gasteiger partial charge in [-0.1, -0.05) is 35.7 Å². The Hall–Kier alpha value is -3.60. The van der Waals surface area contributed by atoms with Crippen LogP contribution in [0.2, 0.25) is 0 Å². The molecule has 0 radical (unpaired) electrons. The van der Waals surface area contributed by atoms with Crippen molar-refractivity contribution >= 4 is 31.6 Å². The van der Waals surface area contributed by atoms with Gasteiger partial charge in [0.25, 0.3) is 0 Å². The predicted octanol–water partition coefficient (Wildman–Crippen LogP) is 5.67. The molecule has 6 aromatic rings. The first-order valence-electron chi connectivity index (χ1n) is 11.1. The summed E-state index contributed by atoms with van der Waals surface area (Å²) in [6.07, 6.45) is 2.97. The summed E-state index contributed by atoms with van der Waals surface area (Å²) in [6, 6.07) is 32.2. The van der Waals surface area contributed by atoms with Crippen molar-refractivity contribution in [2.75, 3.05) is 0 Å². The minimum absolute atomic E-state index is 0. The molecule has 0 amide bonds. The molecular formula is C28H17N3O2PtS. The summed E-state index contributed by atoms with van der Waals surface area (Å²) in [5, 5.41) is 2.00. The van der Waals surface area contributed by atoms with Crippen LogP contribution in [-0.4, -0.2) is 23.0 Å². The van der Waals surface area contributed by atoms with Gasteiger partial charge >= 0.3 is 21.1 Å². The molecule has 0 fully saturated rings. The SMILES string of the molecule is [2H]c1ccc(S(=O)(=O)c2[c-]c(-c3[c-]c4c(cc3)c3ccccc3n4-c3ccccn3)ccc2)nc1.[Pt+2]. The molecule has 6 rings (SSSR count). The van der Waals surface area contributed by atoms with Crippen LogP contribution < -0.4 is 0 Å². The zero-order valence-electron chi connectivity index (χ0n) is 19.1. The van der Waals surface area contributed by atoms with Gasteiger partial charge in [-0.15, -0.1) is 12.1 Å². The van der Waals surface area contributed by atoms with Crippen molar-refractivity contribution in [3.8, 4) is 16.9 Å². The number of fused-ring (bicyclic) bond motifs is 3. The summed E-state index contributed by atoms with van der Waals surface area (Å²) in [7, 11) is -3.88. The third kappa shape index (κ3) is 3.99. The van der Waals surface area contributed by atoms with Gasteiger partial charge in [-0.2, -0.15) is 30.3 Å². The molecule has 0 spiro atoms. The van der Waals surface area contributed by atoms with E-state index in [1.54, 1.807) is 12.3 Å². The van der Waals surface area contributed by atoms with E-state index in [-0.39, 0.29) is 37.0 Å². The maximum Gasteiger partial charge on any atom is 2.00 e. The fraction of sp³-hybridized carbons (Fsp3) is 0. The number of para-hydroxylation sites is 1. The first kappa shape index (κ1) is 21.9. The molecule has 0 aliphatic rings. The van der Waals surface area contributed by atoms with E-state index in [9.17, 15) is 8.42 Å². The molecule has 3 aromatic heterocycles. The van der Waals surface area contributed by atoms with Crippen LogP contribution in [-0.2, 0) is 30.9 Å². The van der Waals surface area contributed by atoms with E-state index in [1.807, 2.05) is 54.6 Å². The molecule has 0 aliphatic carbocycles. The van der Waals surface area contributed by atoms with E-state index >= 15 is 0 Å². The molecule has 0 saturated carbocycles. The average Bonchev–Trinajstić information content (AvgIpc) is 3.23. The van der Waals surface area contributed by atoms with Crippen molar-refractivity contribution in [1.29, 1.82) is 0 Å². The molecule has 0 aliphatic heterocycles. The third-order valence-corrected chi connectivity index (χ3v) is 7.28. The van der Waals surface area contributed by atoms with Gasteiger partial charge in [0.05, 0.1) is 1.37 Å². The number of aromatic nitrogens is 3. The van der Waals surface area contributed by atoms with Crippen molar-refractivity contribution < 1.29 is 30.9 Å². The van der Waals surface area contributed by atoms with E-state index in [0.717, 1.165) is 27.6 Å². The summed E-state index contributed by atoms with van der Waals surface area (Å²) < 4.78 is 35.9. The van der Waals surface area contributed by atoms with E-state index in [4.69, 9.17) is 1.37 Å². The number of benzene rings is 3. The third-order valence-electron chi connectivity index (χ3n) is 5.67. The molecule has 35 heavy (non-hydrogen) atoms. The van der Waals surface area contributed by atoms with Gasteiger partial charge in [0.15, 0.2) is 5.03 Å². The van der Waals surface area contributed by atoms with Crippen LogP contribution in [0.3, 0.4) is 0 Å². The molecule has 5 nitrogen and oxygen atoms in total. The molecule has 0 bridgehead atoms. The average molecular weight is 656 g/mol. The predicted molar refractivity (Wildman–Crippen MR) is 131 cm³/mol. The van der Waals surface area contributed by atoms with Gasteiger partial charge in [-0.05, 0) is 46.1 Å². The Labute approximate surface area is 218 Å². The number of hydrogen-bond donors (Lipinski definition) is 0. The van der Waals surface area contributed by atoms with Gasteiger partial charge in [-0.3, -0.25) is 0 Å². The first-order valence-corrected chi connectivity index (χ1v) is 12.1. The van der Waals surface area contributed by atoms with Crippen LogP contribution in [0.5, 0.6) is 0 Å². The van der Waals surface area contributed by atoms with E-state index in [0.29, 0.717) is 11.1 Å². The fourth-order valence-electron chi connectivity index (χ4n) is 4.11. The number of sulfone groups is 1. The zero-order chi connectivity index (χ0) is 24.0. The Kier molecular flexibility index (Phi) is 5.77. The smallest absolute Gasteiger partial charge is 0.314 e. The molecule has 3 heterocycles. The second-order valence-corrected chi connectivity index (χ2v) is 9.57. The standard InChI is InChI=1S/C28H17N3O2S.Pt/c32-34(33,28-13-4-6-17-30-28)22-9-7-8-20(18-22)21-14-15-24-23-10-1-2-11-25(23)31(26(24)19-21)27-12-3-5-16-29-27;/h1-17H;/q-2;+2/i6D;. The van der Waals surface area contributed by atoms with Crippen molar-refractivity contribution in [1.82, 2.24) is 14.5 Å². The fourth-order valence-corrected chi connectivity index (χ4v) is 5.28. The van der Waals surface area contributed by atoms with Crippen molar-refractivity contribution in [2.24, 2.45) is 0 Å². The van der Waals surface area contributed by atoms with Crippen LogP contribution in [0.25, 0.3) is 38.8 Å². The monoisotopic (exact) mass is 655 g/mol. The Balaban J connectivity index is 0.00000267. The van der Waals surface area contributed by atoms with Crippen molar-refractivity contribution in [2.45, 2.75) is 9.92 Å². The van der Waals surface area contributed by atoms with Gasteiger partial charge in [0, 0.05) is 17.9 Å². The maximum absolute atomic E-state index is 13.1. The minimum Gasteiger partial charge on any atom is -0.314 e. The van der Waals surface area contributed by atoms with Crippen LogP contribution in [0.4, 0.5) is 0 Å². The second-order valence-electron chi connectivity index (χ2n) is 7.70. The number of nitrogens with zero attached hydrogens (tertiary/aromatic N) is 3.